The summed E-state index contributed by atoms with van der Waals surface area (Å²) in [6.07, 6.45) is 0. The highest BCUT2D eigenvalue weighted by atomic mass is 32.2. The summed E-state index contributed by atoms with van der Waals surface area (Å²) in [7, 11) is 0. The highest BCUT2D eigenvalue weighted by Crippen LogP contribution is 2.23. The van der Waals surface area contributed by atoms with Crippen LogP contribution in [0.2, 0.25) is 0 Å². The quantitative estimate of drug-likeness (QED) is 0.378. The molecule has 0 aliphatic carbocycles. The lowest BCUT2D eigenvalue weighted by atomic mass is 10.1. The minimum atomic E-state index is -0.485. The number of hydrogen-bond acceptors (Lipinski definition) is 5. The minimum absolute atomic E-state index is 0.0323. The molecule has 0 saturated heterocycles. The standard InChI is InChI=1S/C21H19N3O3S/c1-13(25)15-8-10-17(11-9-15)22-20(27)14(2)28-21-23-18(12-19(26)24-21)16-6-4-3-5-7-16/h3-12,14H,1-2H3,(H,22,27)(H,23,24,26). The number of aromatic amines is 1. The van der Waals surface area contributed by atoms with E-state index >= 15 is 0 Å². The van der Waals surface area contributed by atoms with Crippen molar-refractivity contribution in [3.8, 4) is 11.3 Å². The summed E-state index contributed by atoms with van der Waals surface area (Å²) in [5.41, 5.74) is 2.29. The second-order valence-corrected chi connectivity index (χ2v) is 7.51. The molecule has 2 aromatic carbocycles. The van der Waals surface area contributed by atoms with Crippen LogP contribution in [0.1, 0.15) is 24.2 Å². The number of carbonyl (C=O) groups excluding carboxylic acids is 2. The molecule has 3 aromatic rings. The number of ketones is 1. The van der Waals surface area contributed by atoms with E-state index in [1.165, 1.54) is 24.8 Å². The molecule has 3 rings (SSSR count). The maximum atomic E-state index is 12.5. The van der Waals surface area contributed by atoms with Gasteiger partial charge in [-0.25, -0.2) is 4.98 Å². The molecule has 0 aliphatic heterocycles. The van der Waals surface area contributed by atoms with Gasteiger partial charge in [-0.1, -0.05) is 42.1 Å². The maximum absolute atomic E-state index is 12.5. The van der Waals surface area contributed by atoms with Gasteiger partial charge in [0, 0.05) is 22.9 Å². The molecule has 0 saturated carbocycles. The number of nitrogens with one attached hydrogen (secondary N) is 2. The van der Waals surface area contributed by atoms with Crippen molar-refractivity contribution < 1.29 is 9.59 Å². The molecule has 1 atom stereocenters. The van der Waals surface area contributed by atoms with E-state index in [2.05, 4.69) is 15.3 Å². The van der Waals surface area contributed by atoms with Crippen molar-refractivity contribution in [1.82, 2.24) is 9.97 Å². The van der Waals surface area contributed by atoms with Crippen molar-refractivity contribution in [3.63, 3.8) is 0 Å². The highest BCUT2D eigenvalue weighted by Gasteiger charge is 2.17. The summed E-state index contributed by atoms with van der Waals surface area (Å²) in [6, 6.07) is 17.5. The third kappa shape index (κ3) is 4.95. The number of hydrogen-bond donors (Lipinski definition) is 2. The van der Waals surface area contributed by atoms with Crippen LogP contribution in [0.25, 0.3) is 11.3 Å². The average Bonchev–Trinajstić information content (AvgIpc) is 2.68. The van der Waals surface area contributed by atoms with Gasteiger partial charge < -0.3 is 10.3 Å². The Labute approximate surface area is 166 Å². The Kier molecular flexibility index (Phi) is 6.06. The number of rotatable bonds is 6. The van der Waals surface area contributed by atoms with Gasteiger partial charge in [0.25, 0.3) is 5.56 Å². The molecule has 7 heteroatoms. The summed E-state index contributed by atoms with van der Waals surface area (Å²) >= 11 is 1.17. The normalized spacial score (nSPS) is 11.6. The van der Waals surface area contributed by atoms with Crippen LogP contribution >= 0.6 is 11.8 Å². The first-order valence-corrected chi connectivity index (χ1v) is 9.55. The largest absolute Gasteiger partial charge is 0.325 e. The molecular formula is C21H19N3O3S. The molecule has 1 aromatic heterocycles. The Balaban J connectivity index is 1.71. The number of H-pyrrole nitrogens is 1. The van der Waals surface area contributed by atoms with Crippen LogP contribution < -0.4 is 10.9 Å². The molecule has 1 heterocycles. The van der Waals surface area contributed by atoms with Gasteiger partial charge in [0.2, 0.25) is 5.91 Å². The van der Waals surface area contributed by atoms with E-state index in [1.807, 2.05) is 30.3 Å². The number of Topliss-reactive ketones (excluding diaryl/α,β-unsaturated/α-hetero) is 1. The number of benzene rings is 2. The van der Waals surface area contributed by atoms with Gasteiger partial charge in [0.05, 0.1) is 10.9 Å². The molecule has 28 heavy (non-hydrogen) atoms. The van der Waals surface area contributed by atoms with Gasteiger partial charge in [-0.15, -0.1) is 0 Å². The Bertz CT molecular complexity index is 1050. The summed E-state index contributed by atoms with van der Waals surface area (Å²) in [6.45, 7) is 3.22. The third-order valence-corrected chi connectivity index (χ3v) is 4.99. The smallest absolute Gasteiger partial charge is 0.252 e. The fraction of sp³-hybridized carbons (Fsp3) is 0.143. The number of nitrogens with zero attached hydrogens (tertiary/aromatic N) is 1. The van der Waals surface area contributed by atoms with E-state index in [0.29, 0.717) is 22.1 Å². The first-order valence-electron chi connectivity index (χ1n) is 8.67. The Hall–Kier alpha value is -3.19. The fourth-order valence-corrected chi connectivity index (χ4v) is 3.31. The van der Waals surface area contributed by atoms with Gasteiger partial charge in [-0.05, 0) is 38.1 Å². The minimum Gasteiger partial charge on any atom is -0.325 e. The van der Waals surface area contributed by atoms with Crippen molar-refractivity contribution in [1.29, 1.82) is 0 Å². The number of aromatic nitrogens is 2. The van der Waals surface area contributed by atoms with Crippen LogP contribution in [0, 0.1) is 0 Å². The molecule has 1 unspecified atom stereocenters. The first-order chi connectivity index (χ1) is 13.4. The van der Waals surface area contributed by atoms with Crippen LogP contribution in [-0.2, 0) is 4.79 Å². The average molecular weight is 393 g/mol. The molecule has 0 fully saturated rings. The SMILES string of the molecule is CC(=O)c1ccc(NC(=O)C(C)Sc2nc(-c3ccccc3)cc(=O)[nH]2)cc1. The zero-order valence-electron chi connectivity index (χ0n) is 15.4. The first kappa shape index (κ1) is 19.6. The monoisotopic (exact) mass is 393 g/mol. The molecule has 1 amide bonds. The zero-order valence-corrected chi connectivity index (χ0v) is 16.2. The molecule has 142 valence electrons. The van der Waals surface area contributed by atoms with Crippen LogP contribution in [-0.4, -0.2) is 26.9 Å². The van der Waals surface area contributed by atoms with Gasteiger partial charge in [0.15, 0.2) is 10.9 Å². The lowest BCUT2D eigenvalue weighted by Gasteiger charge is -2.12. The summed E-state index contributed by atoms with van der Waals surface area (Å²) in [5.74, 6) is -0.261. The molecular weight excluding hydrogens is 374 g/mol. The van der Waals surface area contributed by atoms with Gasteiger partial charge in [-0.2, -0.15) is 0 Å². The topological polar surface area (TPSA) is 91.9 Å². The lowest BCUT2D eigenvalue weighted by Crippen LogP contribution is -2.23. The van der Waals surface area contributed by atoms with Crippen molar-refractivity contribution in [2.45, 2.75) is 24.3 Å². The summed E-state index contributed by atoms with van der Waals surface area (Å²) in [4.78, 5) is 42.9. The number of anilines is 1. The molecule has 2 N–H and O–H groups in total. The Morgan fingerprint density at radius 3 is 2.39 bits per heavy atom. The predicted octanol–water partition coefficient (Wildman–Crippen LogP) is 3.76. The highest BCUT2D eigenvalue weighted by molar-refractivity contribution is 8.00. The number of thioether (sulfide) groups is 1. The third-order valence-electron chi connectivity index (χ3n) is 4.01. The Morgan fingerprint density at radius 1 is 1.07 bits per heavy atom. The van der Waals surface area contributed by atoms with Crippen LogP contribution in [0.4, 0.5) is 5.69 Å². The van der Waals surface area contributed by atoms with Crippen molar-refractivity contribution in [2.24, 2.45) is 0 Å². The zero-order chi connectivity index (χ0) is 20.1. The van der Waals surface area contributed by atoms with E-state index in [-0.39, 0.29) is 17.2 Å². The van der Waals surface area contributed by atoms with Gasteiger partial charge in [0.1, 0.15) is 0 Å². The van der Waals surface area contributed by atoms with Crippen molar-refractivity contribution in [2.75, 3.05) is 5.32 Å². The number of carbonyl (C=O) groups is 2. The second-order valence-electron chi connectivity index (χ2n) is 6.18. The van der Waals surface area contributed by atoms with Crippen LogP contribution in [0.15, 0.2) is 70.6 Å². The van der Waals surface area contributed by atoms with E-state index in [0.717, 1.165) is 5.56 Å². The predicted molar refractivity (Wildman–Crippen MR) is 111 cm³/mol. The molecule has 6 nitrogen and oxygen atoms in total. The molecule has 0 bridgehead atoms. The van der Waals surface area contributed by atoms with Gasteiger partial charge in [-0.3, -0.25) is 14.4 Å². The van der Waals surface area contributed by atoms with Crippen molar-refractivity contribution >= 4 is 29.1 Å². The molecule has 0 radical (unpaired) electrons. The van der Waals surface area contributed by atoms with E-state index in [4.69, 9.17) is 0 Å². The maximum Gasteiger partial charge on any atom is 0.252 e. The fourth-order valence-electron chi connectivity index (χ4n) is 2.50. The molecule has 0 aliphatic rings. The Morgan fingerprint density at radius 2 is 1.75 bits per heavy atom. The summed E-state index contributed by atoms with van der Waals surface area (Å²) in [5, 5.41) is 2.69. The van der Waals surface area contributed by atoms with Crippen molar-refractivity contribution in [3.05, 3.63) is 76.6 Å². The van der Waals surface area contributed by atoms with Crippen LogP contribution in [0.5, 0.6) is 0 Å². The summed E-state index contributed by atoms with van der Waals surface area (Å²) < 4.78 is 0. The lowest BCUT2D eigenvalue weighted by molar-refractivity contribution is -0.115. The van der Waals surface area contributed by atoms with E-state index in [9.17, 15) is 14.4 Å². The molecule has 0 spiro atoms. The number of amides is 1. The van der Waals surface area contributed by atoms with E-state index in [1.54, 1.807) is 31.2 Å². The second kappa shape index (κ2) is 8.67. The van der Waals surface area contributed by atoms with Gasteiger partial charge >= 0.3 is 0 Å². The van der Waals surface area contributed by atoms with E-state index < -0.39 is 5.25 Å². The van der Waals surface area contributed by atoms with Crippen LogP contribution in [0.3, 0.4) is 0 Å².